The smallest absolute Gasteiger partial charge is 0.399 e. The SMILES string of the molecule is Cn1cc(CNc2ccc(N)cc2C(F)(F)F)cn1. The molecule has 1 heterocycles. The first kappa shape index (κ1) is 13.3. The Bertz CT molecular complexity index is 575. The Hall–Kier alpha value is -2.18. The van der Waals surface area contributed by atoms with E-state index in [4.69, 9.17) is 5.73 Å². The molecule has 0 amide bonds. The van der Waals surface area contributed by atoms with Crippen molar-refractivity contribution in [2.24, 2.45) is 7.05 Å². The number of alkyl halides is 3. The molecule has 0 saturated carbocycles. The maximum Gasteiger partial charge on any atom is 0.418 e. The van der Waals surface area contributed by atoms with E-state index in [-0.39, 0.29) is 17.9 Å². The third kappa shape index (κ3) is 3.18. The number of rotatable bonds is 3. The van der Waals surface area contributed by atoms with Crippen LogP contribution in [0.2, 0.25) is 0 Å². The van der Waals surface area contributed by atoms with E-state index < -0.39 is 11.7 Å². The van der Waals surface area contributed by atoms with Crippen molar-refractivity contribution in [2.45, 2.75) is 12.7 Å². The summed E-state index contributed by atoms with van der Waals surface area (Å²) < 4.78 is 40.1. The molecule has 4 nitrogen and oxygen atoms in total. The standard InChI is InChI=1S/C12H13F3N4/c1-19-7-8(6-18-19)5-17-11-3-2-9(16)4-10(11)12(13,14)15/h2-4,6-7,17H,5,16H2,1H3. The molecular formula is C12H13F3N4. The largest absolute Gasteiger partial charge is 0.418 e. The quantitative estimate of drug-likeness (QED) is 0.843. The van der Waals surface area contributed by atoms with E-state index in [9.17, 15) is 13.2 Å². The molecule has 3 N–H and O–H groups in total. The van der Waals surface area contributed by atoms with Gasteiger partial charge in [0, 0.05) is 36.7 Å². The number of halogens is 3. The van der Waals surface area contributed by atoms with Crippen LogP contribution >= 0.6 is 0 Å². The molecule has 0 radical (unpaired) electrons. The van der Waals surface area contributed by atoms with Crippen LogP contribution < -0.4 is 11.1 Å². The molecule has 0 atom stereocenters. The summed E-state index contributed by atoms with van der Waals surface area (Å²) in [5, 5.41) is 6.70. The molecule has 102 valence electrons. The summed E-state index contributed by atoms with van der Waals surface area (Å²) in [7, 11) is 1.74. The number of anilines is 2. The maximum atomic E-state index is 12.8. The number of hydrogen-bond acceptors (Lipinski definition) is 3. The van der Waals surface area contributed by atoms with Crippen molar-refractivity contribution in [3.05, 3.63) is 41.7 Å². The molecule has 0 saturated heterocycles. The Morgan fingerprint density at radius 3 is 2.68 bits per heavy atom. The number of aryl methyl sites for hydroxylation is 1. The molecule has 0 aliphatic rings. The highest BCUT2D eigenvalue weighted by molar-refractivity contribution is 5.59. The zero-order chi connectivity index (χ0) is 14.0. The van der Waals surface area contributed by atoms with E-state index >= 15 is 0 Å². The molecule has 0 aliphatic heterocycles. The maximum absolute atomic E-state index is 12.8. The zero-order valence-corrected chi connectivity index (χ0v) is 10.2. The van der Waals surface area contributed by atoms with E-state index in [1.165, 1.54) is 12.1 Å². The van der Waals surface area contributed by atoms with Gasteiger partial charge in [0.05, 0.1) is 11.8 Å². The van der Waals surface area contributed by atoms with E-state index in [2.05, 4.69) is 10.4 Å². The fraction of sp³-hybridized carbons (Fsp3) is 0.250. The molecule has 0 bridgehead atoms. The van der Waals surface area contributed by atoms with Crippen LogP contribution in [-0.2, 0) is 19.8 Å². The van der Waals surface area contributed by atoms with Crippen LogP contribution in [0.4, 0.5) is 24.5 Å². The van der Waals surface area contributed by atoms with Crippen molar-refractivity contribution < 1.29 is 13.2 Å². The van der Waals surface area contributed by atoms with Crippen molar-refractivity contribution >= 4 is 11.4 Å². The van der Waals surface area contributed by atoms with Crippen molar-refractivity contribution in [3.63, 3.8) is 0 Å². The van der Waals surface area contributed by atoms with Crippen LogP contribution in [0.3, 0.4) is 0 Å². The van der Waals surface area contributed by atoms with Gasteiger partial charge in [0.25, 0.3) is 0 Å². The van der Waals surface area contributed by atoms with Gasteiger partial charge in [-0.15, -0.1) is 0 Å². The first-order valence-corrected chi connectivity index (χ1v) is 5.54. The molecule has 0 fully saturated rings. The average Bonchev–Trinajstić information content (AvgIpc) is 2.72. The fourth-order valence-corrected chi connectivity index (χ4v) is 1.71. The second-order valence-corrected chi connectivity index (χ2v) is 4.18. The minimum absolute atomic E-state index is 0.00514. The lowest BCUT2D eigenvalue weighted by Gasteiger charge is -2.14. The van der Waals surface area contributed by atoms with Gasteiger partial charge in [-0.25, -0.2) is 0 Å². The lowest BCUT2D eigenvalue weighted by atomic mass is 10.1. The molecule has 19 heavy (non-hydrogen) atoms. The highest BCUT2D eigenvalue weighted by Gasteiger charge is 2.33. The van der Waals surface area contributed by atoms with Crippen molar-refractivity contribution in [2.75, 3.05) is 11.1 Å². The number of nitrogens with zero attached hydrogens (tertiary/aromatic N) is 2. The third-order valence-corrected chi connectivity index (χ3v) is 2.59. The van der Waals surface area contributed by atoms with Gasteiger partial charge in [-0.3, -0.25) is 4.68 Å². The minimum atomic E-state index is -4.44. The van der Waals surface area contributed by atoms with E-state index in [1.807, 2.05) is 0 Å². The van der Waals surface area contributed by atoms with Gasteiger partial charge < -0.3 is 11.1 Å². The summed E-state index contributed by atoms with van der Waals surface area (Å²) in [6.45, 7) is 0.265. The summed E-state index contributed by atoms with van der Waals surface area (Å²) in [5.41, 5.74) is 5.51. The Morgan fingerprint density at radius 2 is 2.11 bits per heavy atom. The summed E-state index contributed by atoms with van der Waals surface area (Å²) in [6, 6.07) is 3.68. The van der Waals surface area contributed by atoms with Gasteiger partial charge in [-0.05, 0) is 18.2 Å². The number of nitrogen functional groups attached to an aromatic ring is 1. The topological polar surface area (TPSA) is 55.9 Å². The molecule has 0 unspecified atom stereocenters. The molecule has 1 aromatic carbocycles. The first-order valence-electron chi connectivity index (χ1n) is 5.54. The number of hydrogen-bond donors (Lipinski definition) is 2. The number of nitrogens with one attached hydrogen (secondary N) is 1. The van der Waals surface area contributed by atoms with Gasteiger partial charge in [-0.1, -0.05) is 0 Å². The number of benzene rings is 1. The molecule has 1 aromatic heterocycles. The molecule has 2 rings (SSSR count). The summed E-state index contributed by atoms with van der Waals surface area (Å²) in [6.07, 6.45) is -1.11. The average molecular weight is 270 g/mol. The lowest BCUT2D eigenvalue weighted by molar-refractivity contribution is -0.136. The van der Waals surface area contributed by atoms with Crippen LogP contribution in [0.25, 0.3) is 0 Å². The van der Waals surface area contributed by atoms with E-state index in [0.29, 0.717) is 0 Å². The van der Waals surface area contributed by atoms with Crippen LogP contribution in [0.5, 0.6) is 0 Å². The predicted octanol–water partition coefficient (Wildman–Crippen LogP) is 2.63. The second kappa shape index (κ2) is 4.83. The lowest BCUT2D eigenvalue weighted by Crippen LogP contribution is -2.11. The molecule has 0 spiro atoms. The normalized spacial score (nSPS) is 11.6. The summed E-state index contributed by atoms with van der Waals surface area (Å²) >= 11 is 0. The first-order chi connectivity index (χ1) is 8.86. The van der Waals surface area contributed by atoms with Gasteiger partial charge in [-0.2, -0.15) is 18.3 Å². The van der Waals surface area contributed by atoms with E-state index in [0.717, 1.165) is 11.6 Å². The molecular weight excluding hydrogens is 257 g/mol. The van der Waals surface area contributed by atoms with Gasteiger partial charge in [0.15, 0.2) is 0 Å². The number of aromatic nitrogens is 2. The van der Waals surface area contributed by atoms with Crippen molar-refractivity contribution in [3.8, 4) is 0 Å². The Kier molecular flexibility index (Phi) is 3.37. The van der Waals surface area contributed by atoms with Crippen LogP contribution in [0, 0.1) is 0 Å². The highest BCUT2D eigenvalue weighted by Crippen LogP contribution is 2.36. The number of nitrogens with two attached hydrogens (primary N) is 1. The fourth-order valence-electron chi connectivity index (χ4n) is 1.71. The third-order valence-electron chi connectivity index (χ3n) is 2.59. The summed E-state index contributed by atoms with van der Waals surface area (Å²) in [4.78, 5) is 0. The Balaban J connectivity index is 2.20. The van der Waals surface area contributed by atoms with Crippen LogP contribution in [0.15, 0.2) is 30.6 Å². The van der Waals surface area contributed by atoms with Crippen LogP contribution in [0.1, 0.15) is 11.1 Å². The summed E-state index contributed by atoms with van der Waals surface area (Å²) in [5.74, 6) is 0. The van der Waals surface area contributed by atoms with Crippen molar-refractivity contribution in [1.29, 1.82) is 0 Å². The zero-order valence-electron chi connectivity index (χ0n) is 10.2. The monoisotopic (exact) mass is 270 g/mol. The molecule has 0 aliphatic carbocycles. The Labute approximate surface area is 108 Å². The van der Waals surface area contributed by atoms with Crippen molar-refractivity contribution in [1.82, 2.24) is 9.78 Å². The van der Waals surface area contributed by atoms with Gasteiger partial charge in [0.1, 0.15) is 0 Å². The van der Waals surface area contributed by atoms with Crippen LogP contribution in [-0.4, -0.2) is 9.78 Å². The van der Waals surface area contributed by atoms with E-state index in [1.54, 1.807) is 24.1 Å². The molecule has 2 aromatic rings. The van der Waals surface area contributed by atoms with Gasteiger partial charge >= 0.3 is 6.18 Å². The second-order valence-electron chi connectivity index (χ2n) is 4.18. The predicted molar refractivity (Wildman–Crippen MR) is 66.4 cm³/mol. The minimum Gasteiger partial charge on any atom is -0.399 e. The molecule has 7 heteroatoms. The Morgan fingerprint density at radius 1 is 1.37 bits per heavy atom. The van der Waals surface area contributed by atoms with Gasteiger partial charge in [0.2, 0.25) is 0 Å². The highest BCUT2D eigenvalue weighted by atomic mass is 19.4.